The minimum Gasteiger partial charge on any atom is -0.445 e. The Bertz CT molecular complexity index is 964. The van der Waals surface area contributed by atoms with Crippen molar-refractivity contribution in [1.29, 1.82) is 0 Å². The minimum absolute atomic E-state index is 0.186. The van der Waals surface area contributed by atoms with Crippen LogP contribution >= 0.6 is 0 Å². The fourth-order valence-corrected chi connectivity index (χ4v) is 2.98. The first-order valence-corrected chi connectivity index (χ1v) is 8.36. The summed E-state index contributed by atoms with van der Waals surface area (Å²) in [6.07, 6.45) is -0.577. The number of hydrogen-bond acceptors (Lipinski definition) is 4. The Kier molecular flexibility index (Phi) is 4.01. The van der Waals surface area contributed by atoms with E-state index in [-0.39, 0.29) is 5.91 Å². The van der Waals surface area contributed by atoms with Crippen LogP contribution in [0.1, 0.15) is 30.0 Å². The number of H-pyrrole nitrogens is 1. The lowest BCUT2D eigenvalue weighted by molar-refractivity contribution is -0.135. The highest BCUT2D eigenvalue weighted by atomic mass is 16.5. The zero-order valence-electron chi connectivity index (χ0n) is 14.5. The predicted octanol–water partition coefficient (Wildman–Crippen LogP) is 3.62. The topological polar surface area (TPSA) is 70.6 Å². The van der Waals surface area contributed by atoms with Crippen molar-refractivity contribution in [2.45, 2.75) is 20.1 Å². The molecule has 1 aromatic heterocycles. The van der Waals surface area contributed by atoms with Crippen LogP contribution in [0, 0.1) is 6.92 Å². The molecule has 0 saturated heterocycles. The summed E-state index contributed by atoms with van der Waals surface area (Å²) >= 11 is 0. The molecule has 2 heterocycles. The molecule has 1 aliphatic rings. The molecule has 4 rings (SSSR count). The third-order valence-electron chi connectivity index (χ3n) is 4.32. The molecule has 6 nitrogen and oxygen atoms in total. The maximum absolute atomic E-state index is 12.0. The molecule has 2 aromatic carbocycles. The van der Waals surface area contributed by atoms with E-state index in [0.717, 1.165) is 22.4 Å². The van der Waals surface area contributed by atoms with Crippen LogP contribution in [0.2, 0.25) is 0 Å². The summed E-state index contributed by atoms with van der Waals surface area (Å²) in [4.78, 5) is 12.0. The van der Waals surface area contributed by atoms with Gasteiger partial charge in [0.1, 0.15) is 5.69 Å². The lowest BCUT2D eigenvalue weighted by atomic mass is 10.1. The number of nitrogens with one attached hydrogen (secondary N) is 1. The Hall–Kier alpha value is -3.41. The van der Waals surface area contributed by atoms with Crippen molar-refractivity contribution in [3.8, 4) is 11.3 Å². The van der Waals surface area contributed by atoms with Gasteiger partial charge in [-0.1, -0.05) is 60.7 Å². The highest BCUT2D eigenvalue weighted by molar-refractivity contribution is 5.97. The number of ether oxygens (including phenoxy) is 1. The normalized spacial score (nSPS) is 16.3. The molecule has 0 aliphatic carbocycles. The number of benzene rings is 2. The van der Waals surface area contributed by atoms with Crippen molar-refractivity contribution in [3.63, 3.8) is 0 Å². The van der Waals surface area contributed by atoms with Crippen LogP contribution < -0.4 is 0 Å². The summed E-state index contributed by atoms with van der Waals surface area (Å²) in [5.74, 6) is 0.176. The minimum atomic E-state index is -0.577. The van der Waals surface area contributed by atoms with Gasteiger partial charge in [-0.2, -0.15) is 10.1 Å². The first kappa shape index (κ1) is 16.1. The number of carbonyl (C=O) groups is 1. The Morgan fingerprint density at radius 2 is 1.73 bits per heavy atom. The summed E-state index contributed by atoms with van der Waals surface area (Å²) in [5.41, 5.74) is 4.31. The van der Waals surface area contributed by atoms with Crippen molar-refractivity contribution in [2.24, 2.45) is 5.10 Å². The maximum atomic E-state index is 12.0. The summed E-state index contributed by atoms with van der Waals surface area (Å²) in [6.45, 7) is 3.43. The van der Waals surface area contributed by atoms with Gasteiger partial charge in [0.15, 0.2) is 0 Å². The third kappa shape index (κ3) is 2.75. The lowest BCUT2D eigenvalue weighted by Gasteiger charge is -2.18. The van der Waals surface area contributed by atoms with Gasteiger partial charge in [-0.05, 0) is 6.92 Å². The Morgan fingerprint density at radius 1 is 1.08 bits per heavy atom. The van der Waals surface area contributed by atoms with E-state index in [2.05, 4.69) is 15.3 Å². The number of aromatic amines is 1. The van der Waals surface area contributed by atoms with Gasteiger partial charge in [0, 0.05) is 23.6 Å². The average molecular weight is 346 g/mol. The highest BCUT2D eigenvalue weighted by Crippen LogP contribution is 2.32. The molecule has 130 valence electrons. The number of hydrazone groups is 1. The van der Waals surface area contributed by atoms with Gasteiger partial charge in [0.2, 0.25) is 12.1 Å². The molecule has 26 heavy (non-hydrogen) atoms. The van der Waals surface area contributed by atoms with Gasteiger partial charge in [-0.3, -0.25) is 9.89 Å². The molecular formula is C20H18N4O2. The van der Waals surface area contributed by atoms with Crippen LogP contribution in [0.5, 0.6) is 0 Å². The van der Waals surface area contributed by atoms with Gasteiger partial charge in [-0.25, -0.2) is 0 Å². The van der Waals surface area contributed by atoms with E-state index in [9.17, 15) is 4.79 Å². The summed E-state index contributed by atoms with van der Waals surface area (Å²) in [6, 6.07) is 19.5. The monoisotopic (exact) mass is 346 g/mol. The van der Waals surface area contributed by atoms with E-state index >= 15 is 0 Å². The number of hydrogen-bond donors (Lipinski definition) is 1. The molecule has 1 N–H and O–H groups in total. The summed E-state index contributed by atoms with van der Waals surface area (Å²) in [5, 5.41) is 13.2. The molecule has 1 atom stereocenters. The molecule has 1 aliphatic heterocycles. The molecule has 0 fully saturated rings. The van der Waals surface area contributed by atoms with Gasteiger partial charge < -0.3 is 4.74 Å². The molecule has 0 bridgehead atoms. The van der Waals surface area contributed by atoms with E-state index in [1.54, 1.807) is 0 Å². The standard InChI is InChI=1S/C20H18N4O2/c1-13-17(15-9-5-3-6-10-15)21-22-18(13)19-23-24(14(2)25)20(26-19)16-11-7-4-8-12-16/h3-12,20H,1-2H3,(H,21,22)/t20-/m1/s1. The molecule has 6 heteroatoms. The van der Waals surface area contributed by atoms with E-state index in [1.165, 1.54) is 11.9 Å². The van der Waals surface area contributed by atoms with E-state index in [4.69, 9.17) is 4.74 Å². The van der Waals surface area contributed by atoms with Crippen LogP contribution in [0.4, 0.5) is 0 Å². The smallest absolute Gasteiger partial charge is 0.259 e. The Balaban J connectivity index is 1.70. The molecule has 0 saturated carbocycles. The van der Waals surface area contributed by atoms with Gasteiger partial charge in [-0.15, -0.1) is 5.10 Å². The van der Waals surface area contributed by atoms with E-state index in [0.29, 0.717) is 11.6 Å². The number of carbonyl (C=O) groups excluding carboxylic acids is 1. The zero-order valence-corrected chi connectivity index (χ0v) is 14.5. The molecule has 1 amide bonds. The Labute approximate surface area is 151 Å². The lowest BCUT2D eigenvalue weighted by Crippen LogP contribution is -2.25. The molecule has 0 radical (unpaired) electrons. The van der Waals surface area contributed by atoms with Crippen molar-refractivity contribution >= 4 is 11.8 Å². The number of amides is 1. The molecule has 3 aromatic rings. The van der Waals surface area contributed by atoms with Crippen LogP contribution in [0.3, 0.4) is 0 Å². The van der Waals surface area contributed by atoms with Crippen molar-refractivity contribution in [3.05, 3.63) is 77.5 Å². The van der Waals surface area contributed by atoms with Crippen LogP contribution in [-0.4, -0.2) is 27.0 Å². The van der Waals surface area contributed by atoms with Crippen molar-refractivity contribution in [2.75, 3.05) is 0 Å². The molecule has 0 unspecified atom stereocenters. The van der Waals surface area contributed by atoms with Gasteiger partial charge in [0.05, 0.1) is 5.69 Å². The van der Waals surface area contributed by atoms with Crippen LogP contribution in [0.25, 0.3) is 11.3 Å². The second-order valence-electron chi connectivity index (χ2n) is 6.09. The van der Waals surface area contributed by atoms with Crippen LogP contribution in [-0.2, 0) is 9.53 Å². The second kappa shape index (κ2) is 6.48. The largest absolute Gasteiger partial charge is 0.445 e. The maximum Gasteiger partial charge on any atom is 0.259 e. The van der Waals surface area contributed by atoms with Crippen molar-refractivity contribution < 1.29 is 9.53 Å². The zero-order chi connectivity index (χ0) is 18.1. The van der Waals surface area contributed by atoms with Gasteiger partial charge in [0.25, 0.3) is 5.90 Å². The van der Waals surface area contributed by atoms with E-state index in [1.807, 2.05) is 67.6 Å². The quantitative estimate of drug-likeness (QED) is 0.787. The summed E-state index contributed by atoms with van der Waals surface area (Å²) in [7, 11) is 0. The predicted molar refractivity (Wildman–Crippen MR) is 98.1 cm³/mol. The van der Waals surface area contributed by atoms with Crippen molar-refractivity contribution in [1.82, 2.24) is 15.2 Å². The van der Waals surface area contributed by atoms with Gasteiger partial charge >= 0.3 is 0 Å². The fourth-order valence-electron chi connectivity index (χ4n) is 2.98. The first-order valence-electron chi connectivity index (χ1n) is 8.36. The van der Waals surface area contributed by atoms with E-state index < -0.39 is 6.23 Å². The fraction of sp³-hybridized carbons (Fsp3) is 0.150. The molecule has 0 spiro atoms. The second-order valence-corrected chi connectivity index (χ2v) is 6.09. The Morgan fingerprint density at radius 3 is 2.38 bits per heavy atom. The SMILES string of the molecule is CC(=O)N1N=C(c2[nH]nc(-c3ccccc3)c2C)O[C@@H]1c1ccccc1. The summed E-state index contributed by atoms with van der Waals surface area (Å²) < 4.78 is 6.02. The number of aromatic nitrogens is 2. The average Bonchev–Trinajstić information content (AvgIpc) is 3.27. The highest BCUT2D eigenvalue weighted by Gasteiger charge is 2.34. The van der Waals surface area contributed by atoms with Crippen LogP contribution in [0.15, 0.2) is 65.8 Å². The number of rotatable bonds is 3. The first-order chi connectivity index (χ1) is 12.6. The number of nitrogens with zero attached hydrogens (tertiary/aromatic N) is 3. The third-order valence-corrected chi connectivity index (χ3v) is 4.32. The molecular weight excluding hydrogens is 328 g/mol.